The number of hydrogen-bond donors (Lipinski definition) is 1. The van der Waals surface area contributed by atoms with E-state index >= 15 is 0 Å². The van der Waals surface area contributed by atoms with Crippen LogP contribution in [0.25, 0.3) is 0 Å². The molecule has 6 heteroatoms. The molecule has 1 aliphatic heterocycles. The number of benzene rings is 2. The Morgan fingerprint density at radius 2 is 1.90 bits per heavy atom. The fourth-order valence-corrected chi connectivity index (χ4v) is 5.18. The number of thioether (sulfide) groups is 1. The molecule has 0 radical (unpaired) electrons. The highest BCUT2D eigenvalue weighted by molar-refractivity contribution is 7.99. The molecule has 30 heavy (non-hydrogen) atoms. The monoisotopic (exact) mass is 425 g/mol. The van der Waals surface area contributed by atoms with Crippen molar-refractivity contribution in [1.82, 2.24) is 5.32 Å². The zero-order valence-electron chi connectivity index (χ0n) is 17.0. The van der Waals surface area contributed by atoms with Gasteiger partial charge in [-0.2, -0.15) is 0 Å². The van der Waals surface area contributed by atoms with Crippen LogP contribution in [0.4, 0.5) is 0 Å². The summed E-state index contributed by atoms with van der Waals surface area (Å²) in [5, 5.41) is 3.02. The highest BCUT2D eigenvalue weighted by atomic mass is 32.2. The maximum atomic E-state index is 12.6. The van der Waals surface area contributed by atoms with Crippen LogP contribution in [-0.2, 0) is 20.7 Å². The Kier molecular flexibility index (Phi) is 7.07. The van der Waals surface area contributed by atoms with E-state index in [0.717, 1.165) is 49.4 Å². The van der Waals surface area contributed by atoms with Gasteiger partial charge in [0.1, 0.15) is 0 Å². The molecule has 2 aromatic carbocycles. The molecule has 1 fully saturated rings. The lowest BCUT2D eigenvalue weighted by Gasteiger charge is -2.26. The smallest absolute Gasteiger partial charge is 0.339 e. The van der Waals surface area contributed by atoms with E-state index in [2.05, 4.69) is 17.4 Å². The zero-order valence-corrected chi connectivity index (χ0v) is 17.8. The number of nitrogens with one attached hydrogen (secondary N) is 1. The predicted molar refractivity (Wildman–Crippen MR) is 117 cm³/mol. The Labute approximate surface area is 181 Å². The average Bonchev–Trinajstić information content (AvgIpc) is 3.30. The van der Waals surface area contributed by atoms with Crippen LogP contribution in [0.5, 0.6) is 0 Å². The van der Waals surface area contributed by atoms with Crippen LogP contribution in [0.2, 0.25) is 0 Å². The number of carbonyl (C=O) groups excluding carboxylic acids is 2. The van der Waals surface area contributed by atoms with Gasteiger partial charge in [-0.25, -0.2) is 4.79 Å². The lowest BCUT2D eigenvalue weighted by molar-refractivity contribution is -0.125. The lowest BCUT2D eigenvalue weighted by atomic mass is 9.88. The maximum Gasteiger partial charge on any atom is 0.339 e. The molecular weight excluding hydrogens is 398 g/mol. The third-order valence-corrected chi connectivity index (χ3v) is 6.80. The van der Waals surface area contributed by atoms with E-state index in [1.807, 2.05) is 30.3 Å². The molecule has 0 spiro atoms. The van der Waals surface area contributed by atoms with Crippen LogP contribution in [0.1, 0.15) is 53.2 Å². The van der Waals surface area contributed by atoms with Crippen molar-refractivity contribution in [2.45, 2.75) is 49.1 Å². The fourth-order valence-electron chi connectivity index (χ4n) is 4.07. The Morgan fingerprint density at radius 3 is 2.77 bits per heavy atom. The number of amides is 1. The van der Waals surface area contributed by atoms with Gasteiger partial charge in [0.2, 0.25) is 0 Å². The molecular formula is C24H27NO4S. The molecule has 0 saturated carbocycles. The molecule has 1 saturated heterocycles. The summed E-state index contributed by atoms with van der Waals surface area (Å²) in [5.74, 6) is 0.0745. The number of ether oxygens (including phenoxy) is 2. The van der Waals surface area contributed by atoms with E-state index < -0.39 is 5.97 Å². The molecule has 2 aromatic rings. The number of carbonyl (C=O) groups is 2. The normalized spacial score (nSPS) is 20.4. The van der Waals surface area contributed by atoms with Crippen LogP contribution < -0.4 is 5.32 Å². The van der Waals surface area contributed by atoms with Crippen LogP contribution in [0.15, 0.2) is 53.4 Å². The summed E-state index contributed by atoms with van der Waals surface area (Å²) in [6.07, 6.45) is 5.37. The fraction of sp³-hybridized carbons (Fsp3) is 0.417. The van der Waals surface area contributed by atoms with E-state index in [1.165, 1.54) is 11.1 Å². The Balaban J connectivity index is 1.31. The first-order chi connectivity index (χ1) is 14.7. The number of esters is 1. The van der Waals surface area contributed by atoms with Crippen molar-refractivity contribution in [1.29, 1.82) is 0 Å². The van der Waals surface area contributed by atoms with E-state index in [4.69, 9.17) is 9.47 Å². The molecule has 158 valence electrons. The first-order valence-electron chi connectivity index (χ1n) is 10.6. The summed E-state index contributed by atoms with van der Waals surface area (Å²) in [4.78, 5) is 25.9. The van der Waals surface area contributed by atoms with Crippen LogP contribution in [0, 0.1) is 0 Å². The molecule has 1 N–H and O–H groups in total. The van der Waals surface area contributed by atoms with E-state index in [1.54, 1.807) is 17.8 Å². The van der Waals surface area contributed by atoms with Crippen molar-refractivity contribution in [3.63, 3.8) is 0 Å². The lowest BCUT2D eigenvalue weighted by Crippen LogP contribution is -2.34. The molecule has 2 aliphatic rings. The summed E-state index contributed by atoms with van der Waals surface area (Å²) in [6, 6.07) is 15.5. The molecule has 5 nitrogen and oxygen atoms in total. The molecule has 1 aliphatic carbocycles. The standard InChI is InChI=1S/C24H27NO4S/c26-23(25-21-12-5-8-17-7-1-2-10-19(17)21)15-29-24(27)20-11-3-4-13-22(20)30-16-18-9-6-14-28-18/h1-4,7,10-11,13,18,21H,5-6,8-9,12,14-16H2,(H,25,26)/t18-,21+/m1/s1. The molecule has 0 aromatic heterocycles. The number of hydrogen-bond acceptors (Lipinski definition) is 5. The second-order valence-electron chi connectivity index (χ2n) is 7.73. The van der Waals surface area contributed by atoms with Gasteiger partial charge in [0, 0.05) is 17.3 Å². The van der Waals surface area contributed by atoms with E-state index in [0.29, 0.717) is 5.56 Å². The maximum absolute atomic E-state index is 12.6. The second kappa shape index (κ2) is 10.1. The van der Waals surface area contributed by atoms with Crippen molar-refractivity contribution in [2.24, 2.45) is 0 Å². The molecule has 1 amide bonds. The largest absolute Gasteiger partial charge is 0.452 e. The molecule has 4 rings (SSSR count). The van der Waals surface area contributed by atoms with Crippen molar-refractivity contribution in [3.8, 4) is 0 Å². The summed E-state index contributed by atoms with van der Waals surface area (Å²) in [5.41, 5.74) is 2.94. The van der Waals surface area contributed by atoms with Gasteiger partial charge in [-0.3, -0.25) is 4.79 Å². The first kappa shape index (κ1) is 20.9. The van der Waals surface area contributed by atoms with Crippen molar-refractivity contribution >= 4 is 23.6 Å². The third-order valence-electron chi connectivity index (χ3n) is 5.59. The van der Waals surface area contributed by atoms with Crippen molar-refractivity contribution in [2.75, 3.05) is 19.0 Å². The summed E-state index contributed by atoms with van der Waals surface area (Å²) >= 11 is 1.60. The minimum atomic E-state index is -0.468. The first-order valence-corrected chi connectivity index (χ1v) is 11.6. The van der Waals surface area contributed by atoms with Gasteiger partial charge in [-0.05, 0) is 55.4 Å². The third kappa shape index (κ3) is 5.24. The van der Waals surface area contributed by atoms with E-state index in [9.17, 15) is 9.59 Å². The summed E-state index contributed by atoms with van der Waals surface area (Å²) in [7, 11) is 0. The molecule has 2 atom stereocenters. The topological polar surface area (TPSA) is 64.6 Å². The van der Waals surface area contributed by atoms with Gasteiger partial charge in [0.15, 0.2) is 6.61 Å². The van der Waals surface area contributed by atoms with E-state index in [-0.39, 0.29) is 24.7 Å². The summed E-state index contributed by atoms with van der Waals surface area (Å²) < 4.78 is 11.0. The number of fused-ring (bicyclic) bond motifs is 1. The van der Waals surface area contributed by atoms with Gasteiger partial charge >= 0.3 is 5.97 Å². The Hall–Kier alpha value is -2.31. The SMILES string of the molecule is O=C(COC(=O)c1ccccc1SC[C@H]1CCCO1)N[C@H]1CCCc2ccccc21. The number of aryl methyl sites for hydroxylation is 1. The second-order valence-corrected chi connectivity index (χ2v) is 8.79. The van der Waals surface area contributed by atoms with Gasteiger partial charge < -0.3 is 14.8 Å². The van der Waals surface area contributed by atoms with Crippen molar-refractivity contribution in [3.05, 3.63) is 65.2 Å². The minimum absolute atomic E-state index is 0.0181. The minimum Gasteiger partial charge on any atom is -0.452 e. The van der Waals surface area contributed by atoms with Crippen LogP contribution in [-0.4, -0.2) is 36.9 Å². The van der Waals surface area contributed by atoms with Gasteiger partial charge in [-0.15, -0.1) is 11.8 Å². The Morgan fingerprint density at radius 1 is 1.07 bits per heavy atom. The molecule has 0 bridgehead atoms. The summed E-state index contributed by atoms with van der Waals surface area (Å²) in [6.45, 7) is 0.539. The predicted octanol–water partition coefficient (Wildman–Crippen LogP) is 4.31. The van der Waals surface area contributed by atoms with Gasteiger partial charge in [0.25, 0.3) is 5.91 Å². The molecule has 0 unspecified atom stereocenters. The highest BCUT2D eigenvalue weighted by Crippen LogP contribution is 2.29. The highest BCUT2D eigenvalue weighted by Gasteiger charge is 2.23. The number of rotatable bonds is 7. The average molecular weight is 426 g/mol. The molecule has 1 heterocycles. The van der Waals surface area contributed by atoms with Gasteiger partial charge in [0.05, 0.1) is 17.7 Å². The Bertz CT molecular complexity index is 894. The van der Waals surface area contributed by atoms with Crippen LogP contribution >= 0.6 is 11.8 Å². The van der Waals surface area contributed by atoms with Gasteiger partial charge in [-0.1, -0.05) is 36.4 Å². The quantitative estimate of drug-likeness (QED) is 0.529. The zero-order chi connectivity index (χ0) is 20.8. The van der Waals surface area contributed by atoms with Crippen molar-refractivity contribution < 1.29 is 19.1 Å². The van der Waals surface area contributed by atoms with Crippen LogP contribution in [0.3, 0.4) is 0 Å².